The largest absolute Gasteiger partial charge is 0.382 e. The normalized spacial score (nSPS) is 18.9. The number of rotatable bonds is 5. The first-order valence-corrected chi connectivity index (χ1v) is 9.80. The van der Waals surface area contributed by atoms with E-state index in [1.165, 1.54) is 0 Å². The molecule has 29 heavy (non-hydrogen) atoms. The zero-order valence-electron chi connectivity index (χ0n) is 16.0. The lowest BCUT2D eigenvalue weighted by Gasteiger charge is -2.28. The van der Waals surface area contributed by atoms with Crippen LogP contribution in [0.2, 0.25) is 0 Å². The van der Waals surface area contributed by atoms with Gasteiger partial charge in [-0.3, -0.25) is 9.78 Å². The van der Waals surface area contributed by atoms with Gasteiger partial charge in [0.2, 0.25) is 5.91 Å². The maximum absolute atomic E-state index is 12.2. The predicted molar refractivity (Wildman–Crippen MR) is 109 cm³/mol. The van der Waals surface area contributed by atoms with Crippen LogP contribution in [0.3, 0.4) is 0 Å². The molecule has 0 radical (unpaired) electrons. The summed E-state index contributed by atoms with van der Waals surface area (Å²) >= 11 is 0. The Morgan fingerprint density at radius 2 is 1.72 bits per heavy atom. The molecule has 1 amide bonds. The molecular weight excluding hydrogens is 366 g/mol. The minimum Gasteiger partial charge on any atom is -0.382 e. The Morgan fingerprint density at radius 3 is 2.34 bits per heavy atom. The number of amides is 1. The molecule has 8 heteroatoms. The standard InChI is InChI=1S/C21H23N7O/c22-19-9-7-17(25-27-19)14-4-3-5-15(12-14)18-8-10-20(28-26-18)24-21(29)13-16-6-1-2-11-23-16/h1-2,6-11,14-15H,3-5,12-13H2,(H2,22,27)(H,24,28,29). The molecule has 0 aliphatic heterocycles. The molecule has 8 nitrogen and oxygen atoms in total. The van der Waals surface area contributed by atoms with Crippen LogP contribution in [-0.4, -0.2) is 31.3 Å². The van der Waals surface area contributed by atoms with Crippen molar-refractivity contribution >= 4 is 17.5 Å². The molecule has 0 bridgehead atoms. The Bertz CT molecular complexity index is 945. The van der Waals surface area contributed by atoms with Crippen LogP contribution in [0, 0.1) is 0 Å². The molecule has 1 aliphatic rings. The molecule has 2 atom stereocenters. The summed E-state index contributed by atoms with van der Waals surface area (Å²) in [5, 5.41) is 19.6. The highest BCUT2D eigenvalue weighted by Crippen LogP contribution is 2.39. The molecule has 1 aliphatic carbocycles. The third kappa shape index (κ3) is 4.90. The fourth-order valence-corrected chi connectivity index (χ4v) is 3.78. The first-order valence-electron chi connectivity index (χ1n) is 9.80. The number of hydrogen-bond acceptors (Lipinski definition) is 7. The number of nitrogen functional groups attached to an aromatic ring is 1. The Labute approximate surface area is 169 Å². The van der Waals surface area contributed by atoms with Gasteiger partial charge in [-0.25, -0.2) is 0 Å². The van der Waals surface area contributed by atoms with Gasteiger partial charge in [-0.15, -0.1) is 10.2 Å². The number of carbonyl (C=O) groups is 1. The highest BCUT2D eigenvalue weighted by molar-refractivity contribution is 5.91. The Morgan fingerprint density at radius 1 is 0.966 bits per heavy atom. The number of hydrogen-bond donors (Lipinski definition) is 2. The van der Waals surface area contributed by atoms with Crippen LogP contribution in [0.4, 0.5) is 11.6 Å². The van der Waals surface area contributed by atoms with Crippen molar-refractivity contribution in [3.63, 3.8) is 0 Å². The zero-order valence-corrected chi connectivity index (χ0v) is 16.0. The van der Waals surface area contributed by atoms with E-state index >= 15 is 0 Å². The molecule has 1 fully saturated rings. The van der Waals surface area contributed by atoms with Gasteiger partial charge in [0.15, 0.2) is 5.82 Å². The quantitative estimate of drug-likeness (QED) is 0.688. The van der Waals surface area contributed by atoms with Crippen molar-refractivity contribution in [1.29, 1.82) is 0 Å². The van der Waals surface area contributed by atoms with Crippen LogP contribution in [-0.2, 0) is 11.2 Å². The SMILES string of the molecule is Nc1ccc(C2CCCC(c3ccc(NC(=O)Cc4ccccn4)nn3)C2)nn1. The fraction of sp³-hybridized carbons (Fsp3) is 0.333. The van der Waals surface area contributed by atoms with Crippen LogP contribution in [0.1, 0.15) is 54.6 Å². The molecule has 148 valence electrons. The van der Waals surface area contributed by atoms with Crippen LogP contribution in [0.5, 0.6) is 0 Å². The number of nitrogens with two attached hydrogens (primary N) is 1. The number of nitrogens with zero attached hydrogens (tertiary/aromatic N) is 5. The van der Waals surface area contributed by atoms with Gasteiger partial charge in [0.1, 0.15) is 5.82 Å². The van der Waals surface area contributed by atoms with E-state index in [9.17, 15) is 4.79 Å². The van der Waals surface area contributed by atoms with E-state index < -0.39 is 0 Å². The second-order valence-electron chi connectivity index (χ2n) is 7.33. The third-order valence-corrected chi connectivity index (χ3v) is 5.24. The summed E-state index contributed by atoms with van der Waals surface area (Å²) in [6.45, 7) is 0. The molecule has 0 saturated heterocycles. The lowest BCUT2D eigenvalue weighted by atomic mass is 9.78. The van der Waals surface area contributed by atoms with Gasteiger partial charge in [0, 0.05) is 23.7 Å². The topological polar surface area (TPSA) is 120 Å². The minimum atomic E-state index is -0.162. The maximum Gasteiger partial charge on any atom is 0.231 e. The van der Waals surface area contributed by atoms with E-state index in [1.807, 2.05) is 36.4 Å². The van der Waals surface area contributed by atoms with Crippen LogP contribution in [0.25, 0.3) is 0 Å². The molecule has 0 aromatic carbocycles. The van der Waals surface area contributed by atoms with Gasteiger partial charge < -0.3 is 11.1 Å². The first-order chi connectivity index (χ1) is 14.2. The number of carbonyl (C=O) groups excluding carboxylic acids is 1. The van der Waals surface area contributed by atoms with Crippen LogP contribution >= 0.6 is 0 Å². The highest BCUT2D eigenvalue weighted by atomic mass is 16.1. The second kappa shape index (κ2) is 8.72. The summed E-state index contributed by atoms with van der Waals surface area (Å²) < 4.78 is 0. The summed E-state index contributed by atoms with van der Waals surface area (Å²) in [5.41, 5.74) is 8.28. The zero-order chi connectivity index (χ0) is 20.1. The number of nitrogens with one attached hydrogen (secondary N) is 1. The Hall–Kier alpha value is -3.42. The van der Waals surface area contributed by atoms with E-state index in [-0.39, 0.29) is 12.3 Å². The van der Waals surface area contributed by atoms with E-state index in [0.717, 1.165) is 37.1 Å². The maximum atomic E-state index is 12.2. The van der Waals surface area contributed by atoms with Crippen molar-refractivity contribution in [1.82, 2.24) is 25.4 Å². The molecule has 1 saturated carbocycles. The summed E-state index contributed by atoms with van der Waals surface area (Å²) in [7, 11) is 0. The summed E-state index contributed by atoms with van der Waals surface area (Å²) in [4.78, 5) is 16.3. The Balaban J connectivity index is 1.37. The molecular formula is C21H23N7O. The predicted octanol–water partition coefficient (Wildman–Crippen LogP) is 2.87. The van der Waals surface area contributed by atoms with Gasteiger partial charge in [-0.2, -0.15) is 10.2 Å². The first kappa shape index (κ1) is 18.9. The molecule has 2 unspecified atom stereocenters. The van der Waals surface area contributed by atoms with Crippen molar-refractivity contribution in [2.45, 2.75) is 43.9 Å². The van der Waals surface area contributed by atoms with Gasteiger partial charge in [-0.05, 0) is 55.7 Å². The third-order valence-electron chi connectivity index (χ3n) is 5.24. The monoisotopic (exact) mass is 389 g/mol. The van der Waals surface area contributed by atoms with E-state index in [4.69, 9.17) is 5.73 Å². The van der Waals surface area contributed by atoms with Crippen LogP contribution < -0.4 is 11.1 Å². The van der Waals surface area contributed by atoms with Crippen molar-refractivity contribution in [3.05, 3.63) is 65.7 Å². The van der Waals surface area contributed by atoms with Crippen molar-refractivity contribution < 1.29 is 4.79 Å². The van der Waals surface area contributed by atoms with Crippen molar-refractivity contribution in [2.75, 3.05) is 11.1 Å². The molecule has 3 aromatic rings. The highest BCUT2D eigenvalue weighted by Gasteiger charge is 2.26. The fourth-order valence-electron chi connectivity index (χ4n) is 3.78. The van der Waals surface area contributed by atoms with Gasteiger partial charge in [0.25, 0.3) is 0 Å². The molecule has 3 heterocycles. The average Bonchev–Trinajstić information content (AvgIpc) is 2.75. The molecule has 0 spiro atoms. The van der Waals surface area contributed by atoms with Crippen molar-refractivity contribution in [3.8, 4) is 0 Å². The van der Waals surface area contributed by atoms with Gasteiger partial charge >= 0.3 is 0 Å². The number of pyridine rings is 1. The van der Waals surface area contributed by atoms with Gasteiger partial charge in [-0.1, -0.05) is 12.5 Å². The summed E-state index contributed by atoms with van der Waals surface area (Å²) in [6, 6.07) is 13.0. The summed E-state index contributed by atoms with van der Waals surface area (Å²) in [5.74, 6) is 1.39. The lowest BCUT2D eigenvalue weighted by molar-refractivity contribution is -0.115. The molecule has 3 aromatic heterocycles. The van der Waals surface area contributed by atoms with E-state index in [0.29, 0.717) is 29.2 Å². The Kier molecular flexibility index (Phi) is 5.69. The van der Waals surface area contributed by atoms with Gasteiger partial charge in [0.05, 0.1) is 17.8 Å². The minimum absolute atomic E-state index is 0.162. The van der Waals surface area contributed by atoms with E-state index in [1.54, 1.807) is 12.3 Å². The summed E-state index contributed by atoms with van der Waals surface area (Å²) in [6.07, 6.45) is 6.09. The number of anilines is 2. The van der Waals surface area contributed by atoms with Crippen LogP contribution in [0.15, 0.2) is 48.7 Å². The molecule has 3 N–H and O–H groups in total. The average molecular weight is 389 g/mol. The second-order valence-corrected chi connectivity index (χ2v) is 7.33. The van der Waals surface area contributed by atoms with Crippen molar-refractivity contribution in [2.24, 2.45) is 0 Å². The van der Waals surface area contributed by atoms with E-state index in [2.05, 4.69) is 30.7 Å². The smallest absolute Gasteiger partial charge is 0.231 e. The lowest BCUT2D eigenvalue weighted by Crippen LogP contribution is -2.18. The molecule has 4 rings (SSSR count). The number of aromatic nitrogens is 5.